The molecule has 90 valence electrons. The van der Waals surface area contributed by atoms with Crippen LogP contribution < -0.4 is 11.1 Å². The van der Waals surface area contributed by atoms with E-state index in [-0.39, 0.29) is 5.54 Å². The predicted octanol–water partition coefficient (Wildman–Crippen LogP) is 2.53. The van der Waals surface area contributed by atoms with E-state index < -0.39 is 0 Å². The van der Waals surface area contributed by atoms with Crippen molar-refractivity contribution in [3.63, 3.8) is 0 Å². The predicted molar refractivity (Wildman–Crippen MR) is 66.9 cm³/mol. The first-order valence-electron chi connectivity index (χ1n) is 6.29. The topological polar surface area (TPSA) is 38.0 Å². The molecule has 2 unspecified atom stereocenters. The van der Waals surface area contributed by atoms with Crippen molar-refractivity contribution in [2.75, 3.05) is 6.54 Å². The Labute approximate surface area is 95.0 Å². The maximum atomic E-state index is 6.00. The maximum absolute atomic E-state index is 6.00. The summed E-state index contributed by atoms with van der Waals surface area (Å²) in [4.78, 5) is 0. The second-order valence-corrected chi connectivity index (χ2v) is 6.43. The molecule has 2 atom stereocenters. The molecule has 2 heteroatoms. The van der Waals surface area contributed by atoms with Crippen LogP contribution in [0.1, 0.15) is 53.9 Å². The zero-order chi connectivity index (χ0) is 11.7. The molecule has 0 aromatic rings. The van der Waals surface area contributed by atoms with Gasteiger partial charge in [0.25, 0.3) is 0 Å². The Kier molecular flexibility index (Phi) is 3.83. The zero-order valence-electron chi connectivity index (χ0n) is 11.1. The van der Waals surface area contributed by atoms with E-state index in [0.717, 1.165) is 6.54 Å². The molecule has 1 aliphatic carbocycles. The quantitative estimate of drug-likeness (QED) is 0.754. The fourth-order valence-electron chi connectivity index (χ4n) is 3.09. The summed E-state index contributed by atoms with van der Waals surface area (Å²) in [5.74, 6) is 0.675. The van der Waals surface area contributed by atoms with Gasteiger partial charge in [-0.05, 0) is 30.6 Å². The summed E-state index contributed by atoms with van der Waals surface area (Å²) in [6, 6.07) is 0.525. The van der Waals surface area contributed by atoms with Crippen LogP contribution in [0.25, 0.3) is 0 Å². The first-order chi connectivity index (χ1) is 6.81. The van der Waals surface area contributed by atoms with E-state index in [0.29, 0.717) is 17.4 Å². The molecule has 1 aliphatic rings. The highest BCUT2D eigenvalue weighted by molar-refractivity contribution is 5.01. The third-order valence-electron chi connectivity index (χ3n) is 3.99. The smallest absolute Gasteiger partial charge is 0.0332 e. The minimum Gasteiger partial charge on any atom is -0.329 e. The van der Waals surface area contributed by atoms with Gasteiger partial charge in [0.05, 0.1) is 0 Å². The second kappa shape index (κ2) is 4.42. The molecule has 3 N–H and O–H groups in total. The van der Waals surface area contributed by atoms with Crippen LogP contribution >= 0.6 is 0 Å². The Morgan fingerprint density at radius 1 is 1.33 bits per heavy atom. The molecule has 0 saturated heterocycles. The molecule has 0 aromatic carbocycles. The van der Waals surface area contributed by atoms with Gasteiger partial charge >= 0.3 is 0 Å². The van der Waals surface area contributed by atoms with Gasteiger partial charge in [0.15, 0.2) is 0 Å². The summed E-state index contributed by atoms with van der Waals surface area (Å²) in [6.07, 6.45) is 3.79. The monoisotopic (exact) mass is 212 g/mol. The molecule has 2 nitrogen and oxygen atoms in total. The molecule has 1 saturated carbocycles. The lowest BCUT2D eigenvalue weighted by molar-refractivity contribution is 0.0728. The van der Waals surface area contributed by atoms with Gasteiger partial charge in [-0.25, -0.2) is 0 Å². The van der Waals surface area contributed by atoms with Crippen LogP contribution in [0.15, 0.2) is 0 Å². The van der Waals surface area contributed by atoms with Crippen LogP contribution in [0.4, 0.5) is 0 Å². The standard InChI is InChI=1S/C13H28N2/c1-10(2)15-13(9-14)7-6-12(4,5)8-11(13)3/h10-11,15H,6-9,14H2,1-5H3. The van der Waals surface area contributed by atoms with Crippen LogP contribution in [0.3, 0.4) is 0 Å². The Bertz CT molecular complexity index is 211. The van der Waals surface area contributed by atoms with Crippen LogP contribution in [-0.4, -0.2) is 18.1 Å². The molecule has 1 fully saturated rings. The molecule has 0 heterocycles. The van der Waals surface area contributed by atoms with Crippen LogP contribution in [-0.2, 0) is 0 Å². The van der Waals surface area contributed by atoms with Gasteiger partial charge in [-0.15, -0.1) is 0 Å². The van der Waals surface area contributed by atoms with E-state index in [1.165, 1.54) is 19.3 Å². The van der Waals surface area contributed by atoms with Crippen LogP contribution in [0, 0.1) is 11.3 Å². The fourth-order valence-corrected chi connectivity index (χ4v) is 3.09. The summed E-state index contributed by atoms with van der Waals surface area (Å²) in [5, 5.41) is 3.71. The molecular weight excluding hydrogens is 184 g/mol. The lowest BCUT2D eigenvalue weighted by Gasteiger charge is -2.49. The minimum atomic E-state index is 0.184. The van der Waals surface area contributed by atoms with E-state index in [1.807, 2.05) is 0 Å². The molecule has 0 spiro atoms. The third kappa shape index (κ3) is 2.94. The number of hydrogen-bond acceptors (Lipinski definition) is 2. The summed E-state index contributed by atoms with van der Waals surface area (Å²) in [6.45, 7) is 12.3. The van der Waals surface area contributed by atoms with E-state index in [1.54, 1.807) is 0 Å². The van der Waals surface area contributed by atoms with E-state index in [9.17, 15) is 0 Å². The van der Waals surface area contributed by atoms with E-state index in [2.05, 4.69) is 39.9 Å². The highest BCUT2D eigenvalue weighted by Gasteiger charge is 2.42. The zero-order valence-corrected chi connectivity index (χ0v) is 11.1. The van der Waals surface area contributed by atoms with Gasteiger partial charge in [-0.2, -0.15) is 0 Å². The maximum Gasteiger partial charge on any atom is 0.0332 e. The molecular formula is C13H28N2. The minimum absolute atomic E-state index is 0.184. The van der Waals surface area contributed by atoms with Crippen molar-refractivity contribution in [2.24, 2.45) is 17.1 Å². The van der Waals surface area contributed by atoms with Gasteiger partial charge in [0.2, 0.25) is 0 Å². The molecule has 0 bridgehead atoms. The normalized spacial score (nSPS) is 35.8. The average Bonchev–Trinajstić information content (AvgIpc) is 2.09. The number of nitrogens with one attached hydrogen (secondary N) is 1. The van der Waals surface area contributed by atoms with Crippen molar-refractivity contribution in [1.82, 2.24) is 5.32 Å². The third-order valence-corrected chi connectivity index (χ3v) is 3.99. The van der Waals surface area contributed by atoms with Crippen molar-refractivity contribution in [2.45, 2.75) is 65.5 Å². The number of nitrogens with two attached hydrogens (primary N) is 1. The average molecular weight is 212 g/mol. The van der Waals surface area contributed by atoms with Gasteiger partial charge in [0, 0.05) is 18.1 Å². The molecule has 0 aliphatic heterocycles. The van der Waals surface area contributed by atoms with Gasteiger partial charge in [-0.1, -0.05) is 34.6 Å². The summed E-state index contributed by atoms with van der Waals surface area (Å²) >= 11 is 0. The van der Waals surface area contributed by atoms with Crippen molar-refractivity contribution >= 4 is 0 Å². The van der Waals surface area contributed by atoms with Crippen molar-refractivity contribution in [1.29, 1.82) is 0 Å². The molecule has 15 heavy (non-hydrogen) atoms. The van der Waals surface area contributed by atoms with Crippen molar-refractivity contribution < 1.29 is 0 Å². The van der Waals surface area contributed by atoms with E-state index in [4.69, 9.17) is 5.73 Å². The second-order valence-electron chi connectivity index (χ2n) is 6.43. The first-order valence-corrected chi connectivity index (χ1v) is 6.29. The van der Waals surface area contributed by atoms with Crippen LogP contribution in [0.5, 0.6) is 0 Å². The highest BCUT2D eigenvalue weighted by atomic mass is 15.0. The SMILES string of the molecule is CC(C)NC1(CN)CCC(C)(C)CC1C. The molecule has 0 radical (unpaired) electrons. The van der Waals surface area contributed by atoms with Gasteiger partial charge < -0.3 is 11.1 Å². The van der Waals surface area contributed by atoms with Crippen LogP contribution in [0.2, 0.25) is 0 Å². The Balaban J connectivity index is 2.74. The fraction of sp³-hybridized carbons (Fsp3) is 1.00. The number of hydrogen-bond donors (Lipinski definition) is 2. The Hall–Kier alpha value is -0.0800. The Morgan fingerprint density at radius 3 is 2.33 bits per heavy atom. The van der Waals surface area contributed by atoms with Crippen molar-refractivity contribution in [3.05, 3.63) is 0 Å². The first kappa shape index (κ1) is 13.0. The largest absolute Gasteiger partial charge is 0.329 e. The summed E-state index contributed by atoms with van der Waals surface area (Å²) < 4.78 is 0. The van der Waals surface area contributed by atoms with E-state index >= 15 is 0 Å². The van der Waals surface area contributed by atoms with Gasteiger partial charge in [0.1, 0.15) is 0 Å². The molecule has 0 aromatic heterocycles. The summed E-state index contributed by atoms with van der Waals surface area (Å²) in [5.41, 5.74) is 6.68. The lowest BCUT2D eigenvalue weighted by Crippen LogP contribution is -2.60. The Morgan fingerprint density at radius 2 is 1.93 bits per heavy atom. The summed E-state index contributed by atoms with van der Waals surface area (Å²) in [7, 11) is 0. The number of rotatable bonds is 3. The van der Waals surface area contributed by atoms with Gasteiger partial charge in [-0.3, -0.25) is 0 Å². The lowest BCUT2D eigenvalue weighted by atomic mass is 9.63. The molecule has 0 amide bonds. The highest BCUT2D eigenvalue weighted by Crippen LogP contribution is 2.43. The van der Waals surface area contributed by atoms with Crippen molar-refractivity contribution in [3.8, 4) is 0 Å². The molecule has 1 rings (SSSR count).